The monoisotopic (exact) mass is 278 g/mol. The fourth-order valence-electron chi connectivity index (χ4n) is 2.27. The van der Waals surface area contributed by atoms with Gasteiger partial charge in [-0.05, 0) is 31.0 Å². The van der Waals surface area contributed by atoms with Gasteiger partial charge in [0, 0.05) is 6.54 Å². The summed E-state index contributed by atoms with van der Waals surface area (Å²) in [4.78, 5) is 12.3. The van der Waals surface area contributed by atoms with E-state index in [1.165, 1.54) is 0 Å². The van der Waals surface area contributed by atoms with Crippen LogP contribution >= 0.6 is 0 Å². The summed E-state index contributed by atoms with van der Waals surface area (Å²) in [5.74, 6) is 1.48. The highest BCUT2D eigenvalue weighted by molar-refractivity contribution is 5.97. The van der Waals surface area contributed by atoms with Crippen molar-refractivity contribution in [1.29, 1.82) is 0 Å². The Morgan fingerprint density at radius 1 is 1.40 bits per heavy atom. The molecule has 1 aliphatic rings. The summed E-state index contributed by atoms with van der Waals surface area (Å²) in [6, 6.07) is 5.38. The van der Waals surface area contributed by atoms with Crippen LogP contribution in [-0.4, -0.2) is 32.2 Å². The maximum Gasteiger partial charge on any atom is 0.255 e. The summed E-state index contributed by atoms with van der Waals surface area (Å²) in [6.45, 7) is 4.38. The SMILES string of the molecule is CCC(CCN)CNC(=O)c1cccc2c1OCCO2. The summed E-state index contributed by atoms with van der Waals surface area (Å²) in [5.41, 5.74) is 6.10. The van der Waals surface area contributed by atoms with Crippen molar-refractivity contribution >= 4 is 5.91 Å². The number of carbonyl (C=O) groups is 1. The number of fused-ring (bicyclic) bond motifs is 1. The molecule has 1 amide bonds. The summed E-state index contributed by atoms with van der Waals surface area (Å²) in [7, 11) is 0. The average Bonchev–Trinajstić information content (AvgIpc) is 2.50. The number of nitrogens with two attached hydrogens (primary N) is 1. The van der Waals surface area contributed by atoms with E-state index in [2.05, 4.69) is 12.2 Å². The van der Waals surface area contributed by atoms with Crippen molar-refractivity contribution in [2.45, 2.75) is 19.8 Å². The van der Waals surface area contributed by atoms with Crippen molar-refractivity contribution in [3.8, 4) is 11.5 Å². The molecule has 0 spiro atoms. The van der Waals surface area contributed by atoms with E-state index in [0.29, 0.717) is 49.3 Å². The minimum absolute atomic E-state index is 0.122. The lowest BCUT2D eigenvalue weighted by Gasteiger charge is -2.21. The van der Waals surface area contributed by atoms with Crippen LogP contribution in [0.3, 0.4) is 0 Å². The molecule has 1 atom stereocenters. The van der Waals surface area contributed by atoms with Crippen molar-refractivity contribution < 1.29 is 14.3 Å². The maximum absolute atomic E-state index is 12.3. The van der Waals surface area contributed by atoms with Crippen LogP contribution in [-0.2, 0) is 0 Å². The maximum atomic E-state index is 12.3. The second-order valence-electron chi connectivity index (χ2n) is 4.89. The van der Waals surface area contributed by atoms with Gasteiger partial charge in [-0.15, -0.1) is 0 Å². The quantitative estimate of drug-likeness (QED) is 0.828. The molecule has 1 aliphatic heterocycles. The molecule has 110 valence electrons. The molecule has 5 nitrogen and oxygen atoms in total. The second-order valence-corrected chi connectivity index (χ2v) is 4.89. The molecular weight excluding hydrogens is 256 g/mol. The molecule has 0 aromatic heterocycles. The number of nitrogens with one attached hydrogen (secondary N) is 1. The molecule has 0 aliphatic carbocycles. The lowest BCUT2D eigenvalue weighted by molar-refractivity contribution is 0.0935. The molecule has 3 N–H and O–H groups in total. The van der Waals surface area contributed by atoms with E-state index in [9.17, 15) is 4.79 Å². The molecule has 0 saturated carbocycles. The number of hydrogen-bond acceptors (Lipinski definition) is 4. The van der Waals surface area contributed by atoms with E-state index in [1.807, 2.05) is 6.07 Å². The highest BCUT2D eigenvalue weighted by Crippen LogP contribution is 2.33. The van der Waals surface area contributed by atoms with Gasteiger partial charge in [-0.2, -0.15) is 0 Å². The molecule has 2 rings (SSSR count). The minimum Gasteiger partial charge on any atom is -0.486 e. The predicted octanol–water partition coefficient (Wildman–Crippen LogP) is 1.56. The topological polar surface area (TPSA) is 73.6 Å². The fourth-order valence-corrected chi connectivity index (χ4v) is 2.27. The van der Waals surface area contributed by atoms with E-state index < -0.39 is 0 Å². The summed E-state index contributed by atoms with van der Waals surface area (Å²) in [6.07, 6.45) is 1.92. The molecule has 20 heavy (non-hydrogen) atoms. The van der Waals surface area contributed by atoms with Gasteiger partial charge in [-0.1, -0.05) is 19.4 Å². The van der Waals surface area contributed by atoms with E-state index in [1.54, 1.807) is 12.1 Å². The van der Waals surface area contributed by atoms with Crippen LogP contribution in [0.15, 0.2) is 18.2 Å². The fraction of sp³-hybridized carbons (Fsp3) is 0.533. The van der Waals surface area contributed by atoms with E-state index >= 15 is 0 Å². The predicted molar refractivity (Wildman–Crippen MR) is 77.2 cm³/mol. The standard InChI is InChI=1S/C15H22N2O3/c1-2-11(6-7-16)10-17-15(18)12-4-3-5-13-14(12)20-9-8-19-13/h3-5,11H,2,6-10,16H2,1H3,(H,17,18). The lowest BCUT2D eigenvalue weighted by Crippen LogP contribution is -2.31. The molecule has 0 bridgehead atoms. The van der Waals surface area contributed by atoms with Crippen LogP contribution in [0.2, 0.25) is 0 Å². The first-order chi connectivity index (χ1) is 9.76. The van der Waals surface area contributed by atoms with Gasteiger partial charge < -0.3 is 20.5 Å². The Balaban J connectivity index is 2.02. The minimum atomic E-state index is -0.122. The molecule has 0 fully saturated rings. The number of amides is 1. The molecule has 1 aromatic rings. The third-order valence-electron chi connectivity index (χ3n) is 3.51. The van der Waals surface area contributed by atoms with Gasteiger partial charge in [0.2, 0.25) is 0 Å². The van der Waals surface area contributed by atoms with Crippen molar-refractivity contribution in [2.75, 3.05) is 26.3 Å². The van der Waals surface area contributed by atoms with Crippen molar-refractivity contribution in [3.05, 3.63) is 23.8 Å². The van der Waals surface area contributed by atoms with Crippen molar-refractivity contribution in [1.82, 2.24) is 5.32 Å². The number of hydrogen-bond donors (Lipinski definition) is 2. The van der Waals surface area contributed by atoms with Gasteiger partial charge in [-0.3, -0.25) is 4.79 Å². The number of ether oxygens (including phenoxy) is 2. The van der Waals surface area contributed by atoms with E-state index in [4.69, 9.17) is 15.2 Å². The van der Waals surface area contributed by atoms with Crippen LogP contribution < -0.4 is 20.5 Å². The van der Waals surface area contributed by atoms with Gasteiger partial charge in [0.15, 0.2) is 11.5 Å². The van der Waals surface area contributed by atoms with Crippen molar-refractivity contribution in [2.24, 2.45) is 11.7 Å². The number of para-hydroxylation sites is 1. The Morgan fingerprint density at radius 3 is 2.95 bits per heavy atom. The molecule has 1 aromatic carbocycles. The molecule has 5 heteroatoms. The molecule has 1 unspecified atom stereocenters. The Bertz CT molecular complexity index is 462. The van der Waals surface area contributed by atoms with Gasteiger partial charge in [0.1, 0.15) is 13.2 Å². The Labute approximate surface area is 119 Å². The average molecular weight is 278 g/mol. The van der Waals surface area contributed by atoms with Gasteiger partial charge in [0.05, 0.1) is 5.56 Å². The van der Waals surface area contributed by atoms with Crippen LogP contribution in [0.4, 0.5) is 0 Å². The van der Waals surface area contributed by atoms with Crippen LogP contribution in [0.5, 0.6) is 11.5 Å². The normalized spacial score (nSPS) is 14.7. The van der Waals surface area contributed by atoms with Crippen LogP contribution in [0.1, 0.15) is 30.1 Å². The highest BCUT2D eigenvalue weighted by atomic mass is 16.6. The van der Waals surface area contributed by atoms with Gasteiger partial charge in [-0.25, -0.2) is 0 Å². The number of benzene rings is 1. The van der Waals surface area contributed by atoms with E-state index in [0.717, 1.165) is 12.8 Å². The second kappa shape index (κ2) is 7.14. The Morgan fingerprint density at radius 2 is 2.20 bits per heavy atom. The first-order valence-corrected chi connectivity index (χ1v) is 7.13. The van der Waals surface area contributed by atoms with Crippen molar-refractivity contribution in [3.63, 3.8) is 0 Å². The zero-order valence-electron chi connectivity index (χ0n) is 11.9. The number of carbonyl (C=O) groups excluding carboxylic acids is 1. The summed E-state index contributed by atoms with van der Waals surface area (Å²) >= 11 is 0. The zero-order valence-corrected chi connectivity index (χ0v) is 11.9. The van der Waals surface area contributed by atoms with Crippen LogP contribution in [0, 0.1) is 5.92 Å². The van der Waals surface area contributed by atoms with Gasteiger partial charge >= 0.3 is 0 Å². The molecule has 1 heterocycles. The third kappa shape index (κ3) is 3.42. The molecular formula is C15H22N2O3. The van der Waals surface area contributed by atoms with Gasteiger partial charge in [0.25, 0.3) is 5.91 Å². The largest absolute Gasteiger partial charge is 0.486 e. The highest BCUT2D eigenvalue weighted by Gasteiger charge is 2.20. The first kappa shape index (κ1) is 14.7. The summed E-state index contributed by atoms with van der Waals surface area (Å²) in [5, 5.41) is 2.95. The smallest absolute Gasteiger partial charge is 0.255 e. The molecule has 0 saturated heterocycles. The van der Waals surface area contributed by atoms with E-state index in [-0.39, 0.29) is 5.91 Å². The third-order valence-corrected chi connectivity index (χ3v) is 3.51. The zero-order chi connectivity index (χ0) is 14.4. The Kier molecular flexibility index (Phi) is 5.24. The molecule has 0 radical (unpaired) electrons. The lowest BCUT2D eigenvalue weighted by atomic mass is 10.0. The van der Waals surface area contributed by atoms with Crippen LogP contribution in [0.25, 0.3) is 0 Å². The summed E-state index contributed by atoms with van der Waals surface area (Å²) < 4.78 is 11.0. The Hall–Kier alpha value is -1.75. The number of rotatable bonds is 6. The first-order valence-electron chi connectivity index (χ1n) is 7.13.